The van der Waals surface area contributed by atoms with Crippen molar-refractivity contribution in [2.75, 3.05) is 19.4 Å². The third-order valence-corrected chi connectivity index (χ3v) is 1.56. The van der Waals surface area contributed by atoms with E-state index in [2.05, 4.69) is 20.0 Å². The second-order valence-electron chi connectivity index (χ2n) is 2.55. The van der Waals surface area contributed by atoms with E-state index >= 15 is 0 Å². The summed E-state index contributed by atoms with van der Waals surface area (Å²) in [7, 11) is 1.23. The van der Waals surface area contributed by atoms with Crippen LogP contribution in [0.1, 0.15) is 10.5 Å². The molecule has 80 valence electrons. The van der Waals surface area contributed by atoms with Gasteiger partial charge in [-0.1, -0.05) is 0 Å². The third-order valence-electron chi connectivity index (χ3n) is 1.56. The summed E-state index contributed by atoms with van der Waals surface area (Å²) in [6, 6.07) is 0. The lowest BCUT2D eigenvalue weighted by atomic mass is 10.4. The molecule has 1 heterocycles. The number of amides is 1. The summed E-state index contributed by atoms with van der Waals surface area (Å²) in [4.78, 5) is 29.5. The fourth-order valence-corrected chi connectivity index (χ4v) is 0.832. The number of carbonyl (C=O) groups excluding carboxylic acids is 2. The van der Waals surface area contributed by atoms with Gasteiger partial charge in [-0.3, -0.25) is 9.59 Å². The number of ether oxygens (including phenoxy) is 1. The highest BCUT2D eigenvalue weighted by atomic mass is 16.5. The molecule has 0 saturated carbocycles. The Labute approximate surface area is 85.7 Å². The van der Waals surface area contributed by atoms with Crippen LogP contribution < -0.4 is 11.1 Å². The highest BCUT2D eigenvalue weighted by Gasteiger charge is 2.12. The van der Waals surface area contributed by atoms with E-state index in [1.54, 1.807) is 0 Å². The Morgan fingerprint density at radius 1 is 1.47 bits per heavy atom. The van der Waals surface area contributed by atoms with E-state index in [1.165, 1.54) is 19.5 Å². The van der Waals surface area contributed by atoms with Gasteiger partial charge in [0.25, 0.3) is 5.91 Å². The number of aromatic nitrogens is 2. The predicted octanol–water partition coefficient (Wildman–Crippen LogP) is -1.04. The van der Waals surface area contributed by atoms with Gasteiger partial charge >= 0.3 is 5.97 Å². The van der Waals surface area contributed by atoms with Crippen LogP contribution in [0.4, 0.5) is 5.82 Å². The number of rotatable bonds is 3. The van der Waals surface area contributed by atoms with Crippen molar-refractivity contribution in [1.29, 1.82) is 0 Å². The molecular weight excluding hydrogens is 200 g/mol. The Morgan fingerprint density at radius 3 is 2.73 bits per heavy atom. The molecule has 15 heavy (non-hydrogen) atoms. The highest BCUT2D eigenvalue weighted by Crippen LogP contribution is 2.01. The molecule has 0 fully saturated rings. The van der Waals surface area contributed by atoms with Gasteiger partial charge in [-0.2, -0.15) is 0 Å². The van der Waals surface area contributed by atoms with E-state index in [0.29, 0.717) is 0 Å². The molecule has 0 aromatic carbocycles. The zero-order valence-electron chi connectivity index (χ0n) is 8.06. The van der Waals surface area contributed by atoms with Crippen LogP contribution in [0, 0.1) is 0 Å². The first-order chi connectivity index (χ1) is 7.15. The molecule has 1 rings (SSSR count). The van der Waals surface area contributed by atoms with Crippen LogP contribution in [0.2, 0.25) is 0 Å². The number of anilines is 1. The number of carbonyl (C=O) groups is 2. The molecule has 0 saturated heterocycles. The molecule has 7 nitrogen and oxygen atoms in total. The summed E-state index contributed by atoms with van der Waals surface area (Å²) < 4.78 is 4.35. The molecule has 7 heteroatoms. The number of nitrogens with one attached hydrogen (secondary N) is 1. The lowest BCUT2D eigenvalue weighted by molar-refractivity contribution is -0.139. The van der Waals surface area contributed by atoms with Gasteiger partial charge in [0.05, 0.1) is 7.11 Å². The van der Waals surface area contributed by atoms with E-state index in [0.717, 1.165) is 0 Å². The van der Waals surface area contributed by atoms with Gasteiger partial charge in [0.1, 0.15) is 6.54 Å². The van der Waals surface area contributed by atoms with E-state index in [1.807, 2.05) is 0 Å². The van der Waals surface area contributed by atoms with E-state index in [9.17, 15) is 9.59 Å². The molecule has 0 aliphatic carbocycles. The Kier molecular flexibility index (Phi) is 3.55. The standard InChI is InChI=1S/C8H10N4O3/c1-15-5(13)4-12-8(14)6-7(9)11-3-2-10-6/h2-3H,4H2,1H3,(H2,9,11)(H,12,14). The highest BCUT2D eigenvalue weighted by molar-refractivity contribution is 5.97. The molecule has 0 aliphatic heterocycles. The molecule has 0 unspecified atom stereocenters. The van der Waals surface area contributed by atoms with Gasteiger partial charge < -0.3 is 15.8 Å². The Morgan fingerprint density at radius 2 is 2.13 bits per heavy atom. The molecule has 0 bridgehead atoms. The first kappa shape index (κ1) is 10.9. The quantitative estimate of drug-likeness (QED) is 0.617. The van der Waals surface area contributed by atoms with Gasteiger partial charge in [0.2, 0.25) is 0 Å². The van der Waals surface area contributed by atoms with E-state index in [-0.39, 0.29) is 18.1 Å². The van der Waals surface area contributed by atoms with Gasteiger partial charge in [0.15, 0.2) is 11.5 Å². The number of hydrogen-bond acceptors (Lipinski definition) is 6. The second-order valence-corrected chi connectivity index (χ2v) is 2.55. The molecule has 3 N–H and O–H groups in total. The summed E-state index contributed by atoms with van der Waals surface area (Å²) in [5.74, 6) is -1.10. The molecule has 1 aromatic rings. The maximum atomic E-state index is 11.4. The smallest absolute Gasteiger partial charge is 0.325 e. The number of nitrogens with two attached hydrogens (primary N) is 1. The summed E-state index contributed by atoms with van der Waals surface area (Å²) in [6.07, 6.45) is 2.70. The van der Waals surface area contributed by atoms with Crippen LogP contribution >= 0.6 is 0 Å². The van der Waals surface area contributed by atoms with Crippen LogP contribution in [0.5, 0.6) is 0 Å². The Bertz CT molecular complexity index is 380. The lowest BCUT2D eigenvalue weighted by Crippen LogP contribution is -2.31. The monoisotopic (exact) mass is 210 g/mol. The maximum absolute atomic E-state index is 11.4. The predicted molar refractivity (Wildman–Crippen MR) is 50.8 cm³/mol. The minimum absolute atomic E-state index is 0.0126. The van der Waals surface area contributed by atoms with Crippen LogP contribution in [-0.2, 0) is 9.53 Å². The summed E-state index contributed by atoms with van der Waals surface area (Å²) in [5.41, 5.74) is 5.40. The van der Waals surface area contributed by atoms with Gasteiger partial charge in [-0.15, -0.1) is 0 Å². The van der Waals surface area contributed by atoms with E-state index < -0.39 is 11.9 Å². The number of methoxy groups -OCH3 is 1. The fraction of sp³-hybridized carbons (Fsp3) is 0.250. The maximum Gasteiger partial charge on any atom is 0.325 e. The molecule has 0 atom stereocenters. The SMILES string of the molecule is COC(=O)CNC(=O)c1nccnc1N. The number of hydrogen-bond donors (Lipinski definition) is 2. The zero-order valence-corrected chi connectivity index (χ0v) is 8.06. The Hall–Kier alpha value is -2.18. The van der Waals surface area contributed by atoms with Crippen LogP contribution in [0.25, 0.3) is 0 Å². The van der Waals surface area contributed by atoms with Crippen molar-refractivity contribution in [3.05, 3.63) is 18.1 Å². The molecule has 0 radical (unpaired) electrons. The minimum atomic E-state index is -0.564. The average Bonchev–Trinajstić information content (AvgIpc) is 2.26. The molecule has 1 amide bonds. The van der Waals surface area contributed by atoms with Crippen LogP contribution in [-0.4, -0.2) is 35.5 Å². The van der Waals surface area contributed by atoms with Crippen molar-refractivity contribution < 1.29 is 14.3 Å². The van der Waals surface area contributed by atoms with E-state index in [4.69, 9.17) is 5.73 Å². The molecular formula is C8H10N4O3. The summed E-state index contributed by atoms with van der Waals surface area (Å²) in [6.45, 7) is -0.231. The van der Waals surface area contributed by atoms with Crippen molar-refractivity contribution in [3.8, 4) is 0 Å². The van der Waals surface area contributed by atoms with Crippen molar-refractivity contribution in [2.24, 2.45) is 0 Å². The number of nitrogens with zero attached hydrogens (tertiary/aromatic N) is 2. The topological polar surface area (TPSA) is 107 Å². The Balaban J connectivity index is 2.62. The zero-order chi connectivity index (χ0) is 11.3. The summed E-state index contributed by atoms with van der Waals surface area (Å²) >= 11 is 0. The molecule has 1 aromatic heterocycles. The van der Waals surface area contributed by atoms with Crippen molar-refractivity contribution in [3.63, 3.8) is 0 Å². The summed E-state index contributed by atoms with van der Waals surface area (Å²) in [5, 5.41) is 2.29. The number of nitrogen functional groups attached to an aromatic ring is 1. The fourth-order valence-electron chi connectivity index (χ4n) is 0.832. The first-order valence-electron chi connectivity index (χ1n) is 4.06. The van der Waals surface area contributed by atoms with Crippen LogP contribution in [0.3, 0.4) is 0 Å². The normalized spacial score (nSPS) is 9.40. The van der Waals surface area contributed by atoms with Crippen molar-refractivity contribution in [2.45, 2.75) is 0 Å². The van der Waals surface area contributed by atoms with Gasteiger partial charge in [-0.25, -0.2) is 9.97 Å². The molecule has 0 aliphatic rings. The van der Waals surface area contributed by atoms with Gasteiger partial charge in [-0.05, 0) is 0 Å². The van der Waals surface area contributed by atoms with Gasteiger partial charge in [0, 0.05) is 12.4 Å². The first-order valence-corrected chi connectivity index (χ1v) is 4.06. The molecule has 0 spiro atoms. The number of esters is 1. The van der Waals surface area contributed by atoms with Crippen molar-refractivity contribution >= 4 is 17.7 Å². The lowest BCUT2D eigenvalue weighted by Gasteiger charge is -2.04. The third kappa shape index (κ3) is 2.90. The van der Waals surface area contributed by atoms with Crippen LogP contribution in [0.15, 0.2) is 12.4 Å². The second kappa shape index (κ2) is 4.89. The largest absolute Gasteiger partial charge is 0.468 e. The minimum Gasteiger partial charge on any atom is -0.468 e. The average molecular weight is 210 g/mol. The van der Waals surface area contributed by atoms with Crippen molar-refractivity contribution in [1.82, 2.24) is 15.3 Å².